The number of hydrogen-bond acceptors (Lipinski definition) is 6. The van der Waals surface area contributed by atoms with Crippen molar-refractivity contribution >= 4 is 41.1 Å². The van der Waals surface area contributed by atoms with Crippen LogP contribution in [-0.2, 0) is 0 Å². The van der Waals surface area contributed by atoms with E-state index in [1.165, 1.54) is 12.8 Å². The molecule has 2 aromatic rings. The zero-order valence-corrected chi connectivity index (χ0v) is 21.0. The number of aromatic amines is 1. The molecular weight excluding hydrogens is 465 g/mol. The second-order valence-electron chi connectivity index (χ2n) is 8.41. The number of aliphatic imine (C=N–C) groups is 3. The van der Waals surface area contributed by atoms with Crippen LogP contribution in [0.3, 0.4) is 0 Å². The quantitative estimate of drug-likeness (QED) is 0.277. The van der Waals surface area contributed by atoms with Gasteiger partial charge in [0.15, 0.2) is 24.1 Å². The Hall–Kier alpha value is -3.11. The van der Waals surface area contributed by atoms with E-state index in [4.69, 9.17) is 4.74 Å². The molecule has 1 saturated carbocycles. The molecule has 1 aliphatic carbocycles. The first-order valence-electron chi connectivity index (χ1n) is 11.7. The first-order valence-corrected chi connectivity index (χ1v) is 12.9. The van der Waals surface area contributed by atoms with E-state index in [-0.39, 0.29) is 12.5 Å². The molecule has 2 aliphatic rings. The Bertz CT molecular complexity index is 1160. The Kier molecular flexibility index (Phi) is 8.59. The molecule has 3 N–H and O–H groups in total. The molecule has 1 saturated heterocycles. The molecule has 1 aromatic carbocycles. The van der Waals surface area contributed by atoms with Gasteiger partial charge in [-0.05, 0) is 56.7 Å². The summed E-state index contributed by atoms with van der Waals surface area (Å²) in [5.74, 6) is 4.16. The third-order valence-electron chi connectivity index (χ3n) is 5.68. The lowest BCUT2D eigenvalue weighted by Crippen LogP contribution is -2.37. The fourth-order valence-electron chi connectivity index (χ4n) is 3.70. The Balaban J connectivity index is 1.55. The monoisotopic (exact) mass is 497 g/mol. The number of ether oxygens (including phenoxy) is 1. The molecule has 0 atom stereocenters. The van der Waals surface area contributed by atoms with Crippen molar-refractivity contribution in [2.24, 2.45) is 20.9 Å². The van der Waals surface area contributed by atoms with E-state index in [9.17, 15) is 4.39 Å². The number of benzene rings is 1. The highest BCUT2D eigenvalue weighted by Gasteiger charge is 2.18. The number of aromatic nitrogens is 1. The maximum atomic E-state index is 14.9. The lowest BCUT2D eigenvalue weighted by molar-refractivity contribution is 0.312. The van der Waals surface area contributed by atoms with Crippen LogP contribution in [0.15, 0.2) is 57.2 Å². The van der Waals surface area contributed by atoms with Crippen LogP contribution in [0.25, 0.3) is 10.9 Å². The van der Waals surface area contributed by atoms with Crippen LogP contribution < -0.4 is 15.6 Å². The van der Waals surface area contributed by atoms with Crippen LogP contribution >= 0.6 is 11.8 Å². The van der Waals surface area contributed by atoms with Crippen molar-refractivity contribution in [1.29, 1.82) is 0 Å². The number of fused-ring (bicyclic) bond motifs is 1. The number of amidine groups is 2. The molecule has 8 nitrogen and oxygen atoms in total. The second kappa shape index (κ2) is 12.0. The van der Waals surface area contributed by atoms with Gasteiger partial charge >= 0.3 is 0 Å². The molecule has 1 aromatic heterocycles. The summed E-state index contributed by atoms with van der Waals surface area (Å²) in [6.07, 6.45) is 8.32. The predicted molar refractivity (Wildman–Crippen MR) is 144 cm³/mol. The van der Waals surface area contributed by atoms with Crippen LogP contribution in [0.5, 0.6) is 5.75 Å². The highest BCUT2D eigenvalue weighted by atomic mass is 32.2. The van der Waals surface area contributed by atoms with Crippen molar-refractivity contribution in [2.75, 3.05) is 38.4 Å². The minimum Gasteiger partial charge on any atom is -0.468 e. The van der Waals surface area contributed by atoms with E-state index in [1.807, 2.05) is 30.8 Å². The number of hydrogen-bond donors (Lipinski definition) is 3. The van der Waals surface area contributed by atoms with Gasteiger partial charge in [-0.2, -0.15) is 11.8 Å². The molecule has 4 rings (SSSR count). The highest BCUT2D eigenvalue weighted by molar-refractivity contribution is 7.99. The molecule has 10 heteroatoms. The summed E-state index contributed by atoms with van der Waals surface area (Å²) in [6, 6.07) is 5.21. The first-order chi connectivity index (χ1) is 17.1. The van der Waals surface area contributed by atoms with Crippen molar-refractivity contribution in [3.05, 3.63) is 53.8 Å². The third-order valence-corrected chi connectivity index (χ3v) is 6.62. The van der Waals surface area contributed by atoms with Crippen LogP contribution in [0.1, 0.15) is 18.5 Å². The van der Waals surface area contributed by atoms with Crippen LogP contribution in [-0.4, -0.2) is 66.6 Å². The summed E-state index contributed by atoms with van der Waals surface area (Å²) < 4.78 is 20.6. The van der Waals surface area contributed by atoms with E-state index in [0.29, 0.717) is 28.8 Å². The van der Waals surface area contributed by atoms with Crippen molar-refractivity contribution in [2.45, 2.75) is 19.8 Å². The number of allylic oxidation sites excluding steroid dienone is 1. The Labute approximate surface area is 209 Å². The van der Waals surface area contributed by atoms with E-state index >= 15 is 0 Å². The number of nitrogens with one attached hydrogen (secondary N) is 3. The van der Waals surface area contributed by atoms with Gasteiger partial charge in [0.1, 0.15) is 11.7 Å². The average Bonchev–Trinajstić information content (AvgIpc) is 3.62. The minimum absolute atomic E-state index is 0.0291. The van der Waals surface area contributed by atoms with E-state index in [0.717, 1.165) is 35.8 Å². The summed E-state index contributed by atoms with van der Waals surface area (Å²) in [5, 5.41) is 0.508. The molecule has 0 spiro atoms. The topological polar surface area (TPSA) is 89.4 Å². The lowest BCUT2D eigenvalue weighted by atomic mass is 10.2. The van der Waals surface area contributed by atoms with Crippen LogP contribution in [0.4, 0.5) is 4.39 Å². The largest absolute Gasteiger partial charge is 0.468 e. The summed E-state index contributed by atoms with van der Waals surface area (Å²) >= 11 is 1.91. The van der Waals surface area contributed by atoms with Gasteiger partial charge < -0.3 is 20.0 Å². The van der Waals surface area contributed by atoms with Gasteiger partial charge in [-0.3, -0.25) is 0 Å². The fourth-order valence-corrected chi connectivity index (χ4v) is 4.60. The summed E-state index contributed by atoms with van der Waals surface area (Å²) in [5.41, 5.74) is 7.58. The molecule has 0 unspecified atom stereocenters. The Morgan fingerprint density at radius 1 is 1.34 bits per heavy atom. The number of hydrazine groups is 1. The van der Waals surface area contributed by atoms with Crippen LogP contribution in [0.2, 0.25) is 0 Å². The first kappa shape index (κ1) is 25.0. The normalized spacial score (nSPS) is 17.9. The van der Waals surface area contributed by atoms with Crippen LogP contribution in [0, 0.1) is 18.7 Å². The lowest BCUT2D eigenvalue weighted by Gasteiger charge is -2.28. The van der Waals surface area contributed by atoms with Crippen molar-refractivity contribution < 1.29 is 9.13 Å². The molecular formula is C25H32FN7OS. The van der Waals surface area contributed by atoms with Crippen molar-refractivity contribution in [3.63, 3.8) is 0 Å². The van der Waals surface area contributed by atoms with Gasteiger partial charge in [0, 0.05) is 54.3 Å². The number of H-pyrrole nitrogens is 1. The molecule has 0 radical (unpaired) electrons. The third kappa shape index (κ3) is 6.95. The number of rotatable bonds is 9. The highest BCUT2D eigenvalue weighted by Crippen LogP contribution is 2.30. The van der Waals surface area contributed by atoms with Crippen molar-refractivity contribution in [3.8, 4) is 5.75 Å². The van der Waals surface area contributed by atoms with Gasteiger partial charge in [0.05, 0.1) is 0 Å². The molecule has 0 amide bonds. The number of thioether (sulfide) groups is 1. The summed E-state index contributed by atoms with van der Waals surface area (Å²) in [6.45, 7) is 7.25. The maximum Gasteiger partial charge on any atom is 0.181 e. The zero-order valence-electron chi connectivity index (χ0n) is 20.2. The van der Waals surface area contributed by atoms with Gasteiger partial charge in [0.25, 0.3) is 0 Å². The summed E-state index contributed by atoms with van der Waals surface area (Å²) in [7, 11) is 1.78. The maximum absolute atomic E-state index is 14.9. The van der Waals surface area contributed by atoms with E-state index in [1.54, 1.807) is 25.3 Å². The van der Waals surface area contributed by atoms with Gasteiger partial charge in [0.2, 0.25) is 0 Å². The second-order valence-corrected chi connectivity index (χ2v) is 9.63. The number of nitrogens with zero attached hydrogens (tertiary/aromatic N) is 4. The van der Waals surface area contributed by atoms with E-state index in [2.05, 4.69) is 48.5 Å². The molecule has 2 fully saturated rings. The molecule has 0 bridgehead atoms. The Morgan fingerprint density at radius 3 is 2.86 bits per heavy atom. The smallest absolute Gasteiger partial charge is 0.181 e. The SMILES string of the molecule is C=NC(=C\C(=N/COc1ccc2[nH]c(C)cc2c1F)N1CCSCC1)/N=C(\C=C\C1CC1)NNC. The molecule has 2 heterocycles. The predicted octanol–water partition coefficient (Wildman–Crippen LogP) is 4.03. The zero-order chi connectivity index (χ0) is 24.6. The molecule has 186 valence electrons. The van der Waals surface area contributed by atoms with E-state index < -0.39 is 5.82 Å². The van der Waals surface area contributed by atoms with Crippen molar-refractivity contribution in [1.82, 2.24) is 20.7 Å². The van der Waals surface area contributed by atoms with Gasteiger partial charge in [-0.15, -0.1) is 0 Å². The summed E-state index contributed by atoms with van der Waals surface area (Å²) in [4.78, 5) is 18.7. The van der Waals surface area contributed by atoms with Gasteiger partial charge in [-0.25, -0.2) is 24.8 Å². The standard InChI is InChI=1S/C25H32FN7OS/c1-17-14-19-20(30-17)7-8-21(25(19)26)34-16-29-24(33-10-12-35-13-11-33)15-23(27-2)31-22(32-28-3)9-6-18-4-5-18/h6-9,14-15,18,28,30H,2,4-5,10-13,16H2,1,3H3,(H,31,32)/b9-6+,23-15+,29-24+. The fraction of sp³-hybridized carbons (Fsp3) is 0.400. The minimum atomic E-state index is -0.392. The van der Waals surface area contributed by atoms with Gasteiger partial charge in [-0.1, -0.05) is 6.08 Å². The number of halogens is 1. The Morgan fingerprint density at radius 2 is 2.14 bits per heavy atom. The average molecular weight is 498 g/mol. The molecule has 1 aliphatic heterocycles. The molecule has 35 heavy (non-hydrogen) atoms. The number of aryl methyl sites for hydroxylation is 1.